The molecule has 3 nitrogen and oxygen atoms in total. The molecule has 0 fully saturated rings. The van der Waals surface area contributed by atoms with Gasteiger partial charge in [0.25, 0.3) is 0 Å². The van der Waals surface area contributed by atoms with Crippen molar-refractivity contribution in [3.05, 3.63) is 46.3 Å². The molecule has 18 heavy (non-hydrogen) atoms. The molecule has 0 saturated heterocycles. The van der Waals surface area contributed by atoms with Crippen molar-refractivity contribution >= 4 is 23.2 Å². The first kappa shape index (κ1) is 13.3. The lowest BCUT2D eigenvalue weighted by atomic mass is 10.1. The van der Waals surface area contributed by atoms with Crippen molar-refractivity contribution in [2.24, 2.45) is 0 Å². The number of rotatable bonds is 4. The molecular formula is C13H12Cl2N2O. The fourth-order valence-corrected chi connectivity index (χ4v) is 1.82. The standard InChI is InChI=1S/C13H12Cl2N2O/c1-2-18-8-13-16-11(7-12(15)17-13)9-3-5-10(14)6-4-9/h3-7H,2,8H2,1H3. The molecule has 1 heterocycles. The van der Waals surface area contributed by atoms with E-state index < -0.39 is 0 Å². The van der Waals surface area contributed by atoms with Crippen molar-refractivity contribution in [2.75, 3.05) is 6.61 Å². The van der Waals surface area contributed by atoms with Gasteiger partial charge in [-0.3, -0.25) is 0 Å². The Kier molecular flexibility index (Phi) is 4.53. The second-order valence-corrected chi connectivity index (χ2v) is 4.46. The van der Waals surface area contributed by atoms with Crippen LogP contribution < -0.4 is 0 Å². The van der Waals surface area contributed by atoms with E-state index in [1.54, 1.807) is 6.07 Å². The minimum Gasteiger partial charge on any atom is -0.374 e. The summed E-state index contributed by atoms with van der Waals surface area (Å²) in [6, 6.07) is 9.14. The highest BCUT2D eigenvalue weighted by atomic mass is 35.5. The summed E-state index contributed by atoms with van der Waals surface area (Å²) < 4.78 is 5.28. The Hall–Kier alpha value is -1.16. The van der Waals surface area contributed by atoms with Crippen molar-refractivity contribution in [2.45, 2.75) is 13.5 Å². The Morgan fingerprint density at radius 2 is 1.83 bits per heavy atom. The zero-order valence-corrected chi connectivity index (χ0v) is 11.4. The molecule has 0 unspecified atom stereocenters. The number of aromatic nitrogens is 2. The largest absolute Gasteiger partial charge is 0.374 e. The maximum Gasteiger partial charge on any atom is 0.156 e. The van der Waals surface area contributed by atoms with Crippen molar-refractivity contribution in [3.8, 4) is 11.3 Å². The lowest BCUT2D eigenvalue weighted by Gasteiger charge is -2.05. The second-order valence-electron chi connectivity index (χ2n) is 3.64. The molecular weight excluding hydrogens is 271 g/mol. The first-order chi connectivity index (χ1) is 8.69. The number of benzene rings is 1. The lowest BCUT2D eigenvalue weighted by Crippen LogP contribution is -2.00. The van der Waals surface area contributed by atoms with Crippen LogP contribution in [0.5, 0.6) is 0 Å². The van der Waals surface area contributed by atoms with Crippen LogP contribution in [-0.2, 0) is 11.3 Å². The SMILES string of the molecule is CCOCc1nc(Cl)cc(-c2ccc(Cl)cc2)n1. The van der Waals surface area contributed by atoms with E-state index in [1.807, 2.05) is 31.2 Å². The maximum atomic E-state index is 5.98. The topological polar surface area (TPSA) is 35.0 Å². The van der Waals surface area contributed by atoms with Gasteiger partial charge in [0.15, 0.2) is 5.82 Å². The second kappa shape index (κ2) is 6.14. The van der Waals surface area contributed by atoms with Crippen LogP contribution in [0.1, 0.15) is 12.7 Å². The van der Waals surface area contributed by atoms with E-state index in [2.05, 4.69) is 9.97 Å². The molecule has 2 rings (SSSR count). The Balaban J connectivity index is 2.32. The molecule has 0 aliphatic carbocycles. The summed E-state index contributed by atoms with van der Waals surface area (Å²) in [6.07, 6.45) is 0. The smallest absolute Gasteiger partial charge is 0.156 e. The Morgan fingerprint density at radius 3 is 2.50 bits per heavy atom. The van der Waals surface area contributed by atoms with Crippen molar-refractivity contribution in [3.63, 3.8) is 0 Å². The van der Waals surface area contributed by atoms with Gasteiger partial charge in [-0.15, -0.1) is 0 Å². The van der Waals surface area contributed by atoms with Crippen LogP contribution in [0.25, 0.3) is 11.3 Å². The first-order valence-electron chi connectivity index (χ1n) is 5.56. The summed E-state index contributed by atoms with van der Waals surface area (Å²) in [4.78, 5) is 8.53. The Morgan fingerprint density at radius 1 is 1.11 bits per heavy atom. The predicted molar refractivity (Wildman–Crippen MR) is 72.8 cm³/mol. The monoisotopic (exact) mass is 282 g/mol. The fourth-order valence-electron chi connectivity index (χ4n) is 1.49. The summed E-state index contributed by atoms with van der Waals surface area (Å²) in [5, 5.41) is 1.10. The van der Waals surface area contributed by atoms with Gasteiger partial charge in [0.05, 0.1) is 5.69 Å². The Bertz CT molecular complexity index is 529. The molecule has 0 spiro atoms. The lowest BCUT2D eigenvalue weighted by molar-refractivity contribution is 0.128. The van der Waals surface area contributed by atoms with Crippen molar-refractivity contribution < 1.29 is 4.74 Å². The minimum atomic E-state index is 0.359. The molecule has 0 aliphatic rings. The third kappa shape index (κ3) is 3.42. The average Bonchev–Trinajstić information content (AvgIpc) is 2.36. The first-order valence-corrected chi connectivity index (χ1v) is 6.32. The van der Waals surface area contributed by atoms with Crippen LogP contribution in [0.2, 0.25) is 10.2 Å². The van der Waals surface area contributed by atoms with E-state index in [4.69, 9.17) is 27.9 Å². The highest BCUT2D eigenvalue weighted by molar-refractivity contribution is 6.30. The summed E-state index contributed by atoms with van der Waals surface area (Å²) in [5.41, 5.74) is 1.71. The molecule has 1 aromatic carbocycles. The molecule has 2 aromatic rings. The van der Waals surface area contributed by atoms with E-state index in [-0.39, 0.29) is 0 Å². The molecule has 1 aromatic heterocycles. The normalized spacial score (nSPS) is 10.6. The third-order valence-electron chi connectivity index (χ3n) is 2.32. The average molecular weight is 283 g/mol. The molecule has 0 bridgehead atoms. The maximum absolute atomic E-state index is 5.98. The van der Waals surface area contributed by atoms with Gasteiger partial charge in [-0.05, 0) is 19.1 Å². The number of ether oxygens (including phenoxy) is 1. The number of nitrogens with zero attached hydrogens (tertiary/aromatic N) is 2. The van der Waals surface area contributed by atoms with E-state index in [0.29, 0.717) is 29.2 Å². The molecule has 0 atom stereocenters. The molecule has 0 amide bonds. The van der Waals surface area contributed by atoms with Crippen LogP contribution in [0.15, 0.2) is 30.3 Å². The molecule has 94 valence electrons. The van der Waals surface area contributed by atoms with Gasteiger partial charge < -0.3 is 4.74 Å². The van der Waals surface area contributed by atoms with Crippen molar-refractivity contribution in [1.29, 1.82) is 0 Å². The zero-order chi connectivity index (χ0) is 13.0. The summed E-state index contributed by atoms with van der Waals surface area (Å²) in [7, 11) is 0. The van der Waals surface area contributed by atoms with Crippen LogP contribution in [0.3, 0.4) is 0 Å². The van der Waals surface area contributed by atoms with E-state index in [1.165, 1.54) is 0 Å². The number of hydrogen-bond donors (Lipinski definition) is 0. The summed E-state index contributed by atoms with van der Waals surface area (Å²) >= 11 is 11.8. The van der Waals surface area contributed by atoms with Gasteiger partial charge >= 0.3 is 0 Å². The quantitative estimate of drug-likeness (QED) is 0.796. The van der Waals surface area contributed by atoms with Gasteiger partial charge in [-0.2, -0.15) is 0 Å². The van der Waals surface area contributed by atoms with E-state index in [9.17, 15) is 0 Å². The molecule has 0 radical (unpaired) electrons. The number of hydrogen-bond acceptors (Lipinski definition) is 3. The van der Waals surface area contributed by atoms with Gasteiger partial charge in [0, 0.05) is 23.3 Å². The van der Waals surface area contributed by atoms with E-state index >= 15 is 0 Å². The summed E-state index contributed by atoms with van der Waals surface area (Å²) in [5.74, 6) is 0.578. The predicted octanol–water partition coefficient (Wildman–Crippen LogP) is 3.99. The van der Waals surface area contributed by atoms with Crippen LogP contribution >= 0.6 is 23.2 Å². The minimum absolute atomic E-state index is 0.359. The van der Waals surface area contributed by atoms with Gasteiger partial charge in [-0.1, -0.05) is 35.3 Å². The van der Waals surface area contributed by atoms with Crippen LogP contribution in [0, 0.1) is 0 Å². The summed E-state index contributed by atoms with van der Waals surface area (Å²) in [6.45, 7) is 2.90. The van der Waals surface area contributed by atoms with Gasteiger partial charge in [0.1, 0.15) is 11.8 Å². The molecule has 0 N–H and O–H groups in total. The molecule has 0 saturated carbocycles. The van der Waals surface area contributed by atoms with Crippen LogP contribution in [0.4, 0.5) is 0 Å². The highest BCUT2D eigenvalue weighted by Gasteiger charge is 2.05. The third-order valence-corrected chi connectivity index (χ3v) is 2.76. The molecule has 0 aliphatic heterocycles. The molecule has 5 heteroatoms. The van der Waals surface area contributed by atoms with Crippen molar-refractivity contribution in [1.82, 2.24) is 9.97 Å². The fraction of sp³-hybridized carbons (Fsp3) is 0.231. The zero-order valence-electron chi connectivity index (χ0n) is 9.86. The van der Waals surface area contributed by atoms with Gasteiger partial charge in [0.2, 0.25) is 0 Å². The Labute approximate surface area is 116 Å². The van der Waals surface area contributed by atoms with E-state index in [0.717, 1.165) is 11.3 Å². The number of halogens is 2. The van der Waals surface area contributed by atoms with Crippen LogP contribution in [-0.4, -0.2) is 16.6 Å². The highest BCUT2D eigenvalue weighted by Crippen LogP contribution is 2.22. The van der Waals surface area contributed by atoms with Gasteiger partial charge in [-0.25, -0.2) is 9.97 Å².